The van der Waals surface area contributed by atoms with Crippen molar-refractivity contribution >= 4 is 17.5 Å². The van der Waals surface area contributed by atoms with Gasteiger partial charge >= 0.3 is 0 Å². The summed E-state index contributed by atoms with van der Waals surface area (Å²) in [6.07, 6.45) is 4.69. The van der Waals surface area contributed by atoms with Crippen LogP contribution in [0, 0.1) is 0 Å². The number of anilines is 1. The molecule has 0 unspecified atom stereocenters. The molecule has 2 heteroatoms. The molecule has 0 saturated heterocycles. The van der Waals surface area contributed by atoms with E-state index in [9.17, 15) is 4.79 Å². The van der Waals surface area contributed by atoms with E-state index in [-0.39, 0.29) is 5.78 Å². The molecule has 0 amide bonds. The number of hydrogen-bond donors (Lipinski definition) is 1. The van der Waals surface area contributed by atoms with Crippen molar-refractivity contribution < 1.29 is 4.79 Å². The van der Waals surface area contributed by atoms with Gasteiger partial charge in [0.1, 0.15) is 5.78 Å². The van der Waals surface area contributed by atoms with E-state index in [0.717, 1.165) is 17.8 Å². The van der Waals surface area contributed by atoms with Crippen molar-refractivity contribution in [3.05, 3.63) is 35.4 Å². The summed E-state index contributed by atoms with van der Waals surface area (Å²) in [7, 11) is 0. The zero-order valence-corrected chi connectivity index (χ0v) is 8.21. The first-order valence-electron chi connectivity index (χ1n) is 4.79. The molecule has 0 saturated carbocycles. The lowest BCUT2D eigenvalue weighted by Gasteiger charge is -2.16. The minimum atomic E-state index is 0.203. The van der Waals surface area contributed by atoms with Crippen LogP contribution >= 0.6 is 0 Å². The number of hydrogen-bond acceptors (Lipinski definition) is 2. The van der Waals surface area contributed by atoms with Crippen LogP contribution in [-0.4, -0.2) is 12.3 Å². The maximum atomic E-state index is 11.1. The van der Waals surface area contributed by atoms with Crippen molar-refractivity contribution in [2.45, 2.75) is 13.3 Å². The second-order valence-electron chi connectivity index (χ2n) is 3.54. The Morgan fingerprint density at radius 1 is 1.50 bits per heavy atom. The van der Waals surface area contributed by atoms with Gasteiger partial charge in [0, 0.05) is 18.7 Å². The Balaban J connectivity index is 2.41. The molecule has 1 heterocycles. The average molecular weight is 187 g/mol. The van der Waals surface area contributed by atoms with Gasteiger partial charge in [-0.2, -0.15) is 0 Å². The fourth-order valence-corrected chi connectivity index (χ4v) is 1.74. The maximum Gasteiger partial charge on any atom is 0.134 e. The quantitative estimate of drug-likeness (QED) is 0.769. The van der Waals surface area contributed by atoms with E-state index < -0.39 is 0 Å². The number of Topliss-reactive ketones (excluding diaryl/α,β-unsaturated/α-hetero) is 1. The van der Waals surface area contributed by atoms with Crippen molar-refractivity contribution in [3.8, 4) is 0 Å². The van der Waals surface area contributed by atoms with Crippen molar-refractivity contribution in [2.24, 2.45) is 0 Å². The lowest BCUT2D eigenvalue weighted by Crippen LogP contribution is -2.09. The lowest BCUT2D eigenvalue weighted by atomic mass is 10.0. The Hall–Kier alpha value is -1.57. The SMILES string of the molecule is CC(=O)Cc1cccc2c1NCC=C2. The van der Waals surface area contributed by atoms with E-state index >= 15 is 0 Å². The van der Waals surface area contributed by atoms with Crippen LogP contribution in [0.5, 0.6) is 0 Å². The minimum Gasteiger partial charge on any atom is -0.381 e. The van der Waals surface area contributed by atoms with E-state index in [1.807, 2.05) is 12.1 Å². The molecule has 1 N–H and O–H groups in total. The third-order valence-electron chi connectivity index (χ3n) is 2.32. The van der Waals surface area contributed by atoms with Gasteiger partial charge in [-0.3, -0.25) is 4.79 Å². The first-order chi connectivity index (χ1) is 6.77. The molecule has 1 aromatic carbocycles. The molecule has 1 aliphatic heterocycles. The molecular weight excluding hydrogens is 174 g/mol. The summed E-state index contributed by atoms with van der Waals surface area (Å²) in [4.78, 5) is 11.1. The van der Waals surface area contributed by atoms with Gasteiger partial charge in [-0.15, -0.1) is 0 Å². The van der Waals surface area contributed by atoms with Gasteiger partial charge in [-0.1, -0.05) is 30.4 Å². The standard InChI is InChI=1S/C12H13NO/c1-9(14)8-11-5-2-4-10-6-3-7-13-12(10)11/h2-6,13H,7-8H2,1H3. The van der Waals surface area contributed by atoms with Crippen LogP contribution in [0.3, 0.4) is 0 Å². The van der Waals surface area contributed by atoms with E-state index in [1.54, 1.807) is 6.92 Å². The number of benzene rings is 1. The van der Waals surface area contributed by atoms with Gasteiger partial charge in [0.15, 0.2) is 0 Å². The third-order valence-corrected chi connectivity index (χ3v) is 2.32. The number of para-hydroxylation sites is 1. The summed E-state index contributed by atoms with van der Waals surface area (Å²) >= 11 is 0. The number of carbonyl (C=O) groups excluding carboxylic acids is 1. The number of carbonyl (C=O) groups is 1. The monoisotopic (exact) mass is 187 g/mol. The number of ketones is 1. The normalized spacial score (nSPS) is 13.2. The molecule has 1 aromatic rings. The van der Waals surface area contributed by atoms with E-state index in [0.29, 0.717) is 6.42 Å². The van der Waals surface area contributed by atoms with Gasteiger partial charge in [0.25, 0.3) is 0 Å². The van der Waals surface area contributed by atoms with Crippen LogP contribution in [0.15, 0.2) is 24.3 Å². The fraction of sp³-hybridized carbons (Fsp3) is 0.250. The predicted octanol–water partition coefficient (Wildman–Crippen LogP) is 2.26. The highest BCUT2D eigenvalue weighted by molar-refractivity contribution is 5.82. The van der Waals surface area contributed by atoms with Crippen LogP contribution in [0.4, 0.5) is 5.69 Å². The molecule has 0 bridgehead atoms. The topological polar surface area (TPSA) is 29.1 Å². The zero-order chi connectivity index (χ0) is 9.97. The molecule has 0 fully saturated rings. The van der Waals surface area contributed by atoms with Gasteiger partial charge in [0.2, 0.25) is 0 Å². The lowest BCUT2D eigenvalue weighted by molar-refractivity contribution is -0.116. The van der Waals surface area contributed by atoms with E-state index in [1.165, 1.54) is 5.56 Å². The van der Waals surface area contributed by atoms with Crippen LogP contribution in [0.1, 0.15) is 18.1 Å². The summed E-state index contributed by atoms with van der Waals surface area (Å²) in [6.45, 7) is 2.47. The van der Waals surface area contributed by atoms with Gasteiger partial charge in [-0.25, -0.2) is 0 Å². The Kier molecular flexibility index (Phi) is 2.35. The first kappa shape index (κ1) is 9.00. The summed E-state index contributed by atoms with van der Waals surface area (Å²) in [5.74, 6) is 0.203. The van der Waals surface area contributed by atoms with Gasteiger partial charge in [-0.05, 0) is 18.1 Å². The Morgan fingerprint density at radius 2 is 2.36 bits per heavy atom. The summed E-state index contributed by atoms with van der Waals surface area (Å²) in [5, 5.41) is 3.30. The van der Waals surface area contributed by atoms with Crippen molar-refractivity contribution in [3.63, 3.8) is 0 Å². The molecule has 0 spiro atoms. The Bertz CT molecular complexity index is 393. The smallest absolute Gasteiger partial charge is 0.134 e. The number of fused-ring (bicyclic) bond motifs is 1. The first-order valence-corrected chi connectivity index (χ1v) is 4.79. The maximum absolute atomic E-state index is 11.1. The molecule has 1 aliphatic rings. The molecule has 72 valence electrons. The zero-order valence-electron chi connectivity index (χ0n) is 8.21. The number of nitrogens with one attached hydrogen (secondary N) is 1. The van der Waals surface area contributed by atoms with Crippen molar-refractivity contribution in [1.29, 1.82) is 0 Å². The van der Waals surface area contributed by atoms with E-state index in [2.05, 4.69) is 23.5 Å². The summed E-state index contributed by atoms with van der Waals surface area (Å²) in [6, 6.07) is 6.06. The fourth-order valence-electron chi connectivity index (χ4n) is 1.74. The summed E-state index contributed by atoms with van der Waals surface area (Å²) in [5.41, 5.74) is 3.39. The molecule has 14 heavy (non-hydrogen) atoms. The van der Waals surface area contributed by atoms with E-state index in [4.69, 9.17) is 0 Å². The highest BCUT2D eigenvalue weighted by Gasteiger charge is 2.09. The van der Waals surface area contributed by atoms with Crippen LogP contribution in [0.25, 0.3) is 6.08 Å². The van der Waals surface area contributed by atoms with Crippen molar-refractivity contribution in [1.82, 2.24) is 0 Å². The van der Waals surface area contributed by atoms with Gasteiger partial charge in [0.05, 0.1) is 0 Å². The number of rotatable bonds is 2. The Morgan fingerprint density at radius 3 is 3.14 bits per heavy atom. The minimum absolute atomic E-state index is 0.203. The molecular formula is C12H13NO. The van der Waals surface area contributed by atoms with Crippen molar-refractivity contribution in [2.75, 3.05) is 11.9 Å². The Labute approximate surface area is 83.6 Å². The molecule has 0 aliphatic carbocycles. The van der Waals surface area contributed by atoms with Crippen LogP contribution in [-0.2, 0) is 11.2 Å². The molecule has 0 aromatic heterocycles. The molecule has 2 nitrogen and oxygen atoms in total. The van der Waals surface area contributed by atoms with Crippen LogP contribution in [0.2, 0.25) is 0 Å². The average Bonchev–Trinajstić information content (AvgIpc) is 2.18. The van der Waals surface area contributed by atoms with Crippen LogP contribution < -0.4 is 5.32 Å². The van der Waals surface area contributed by atoms with Gasteiger partial charge < -0.3 is 5.32 Å². The predicted molar refractivity (Wildman–Crippen MR) is 58.4 cm³/mol. The second kappa shape index (κ2) is 3.66. The molecule has 2 rings (SSSR count). The molecule has 0 radical (unpaired) electrons. The second-order valence-corrected chi connectivity index (χ2v) is 3.54. The molecule has 0 atom stereocenters. The largest absolute Gasteiger partial charge is 0.381 e. The summed E-state index contributed by atoms with van der Waals surface area (Å²) < 4.78 is 0. The highest BCUT2D eigenvalue weighted by Crippen LogP contribution is 2.25. The highest BCUT2D eigenvalue weighted by atomic mass is 16.1. The third kappa shape index (κ3) is 1.69.